The summed E-state index contributed by atoms with van der Waals surface area (Å²) in [5.74, 6) is 0.774. The topological polar surface area (TPSA) is 94.2 Å². The van der Waals surface area contributed by atoms with Gasteiger partial charge in [0.05, 0.1) is 36.9 Å². The Labute approximate surface area is 175 Å². The van der Waals surface area contributed by atoms with Gasteiger partial charge in [0, 0.05) is 19.2 Å². The van der Waals surface area contributed by atoms with E-state index in [-0.39, 0.29) is 0 Å². The standard InChI is InChI=1S/C19H23ClN2O6S/c1-12(28-14-8-6-13(7-9-14)22(2)29(5,24)25)19(23)21-16-11-17(26-3)15(20)10-18(16)27-4/h6-12H,1-5H3,(H,21,23). The highest BCUT2D eigenvalue weighted by Gasteiger charge is 2.19. The maximum absolute atomic E-state index is 12.5. The lowest BCUT2D eigenvalue weighted by molar-refractivity contribution is -0.122. The van der Waals surface area contributed by atoms with E-state index in [9.17, 15) is 13.2 Å². The molecule has 1 amide bonds. The predicted octanol–water partition coefficient (Wildman–Crippen LogP) is 3.16. The highest BCUT2D eigenvalue weighted by atomic mass is 35.5. The molecule has 0 radical (unpaired) electrons. The minimum atomic E-state index is -3.36. The number of hydrogen-bond donors (Lipinski definition) is 1. The molecule has 0 fully saturated rings. The van der Waals surface area contributed by atoms with Crippen LogP contribution in [0.2, 0.25) is 5.02 Å². The van der Waals surface area contributed by atoms with Crippen molar-refractivity contribution in [1.29, 1.82) is 0 Å². The van der Waals surface area contributed by atoms with Crippen LogP contribution < -0.4 is 23.8 Å². The third-order valence-corrected chi connectivity index (χ3v) is 5.61. The SMILES string of the molecule is COc1cc(NC(=O)C(C)Oc2ccc(N(C)S(C)(=O)=O)cc2)c(OC)cc1Cl. The number of anilines is 2. The Bertz CT molecular complexity index is 979. The molecule has 2 rings (SSSR count). The third kappa shape index (κ3) is 5.68. The van der Waals surface area contributed by atoms with Gasteiger partial charge in [-0.2, -0.15) is 0 Å². The van der Waals surface area contributed by atoms with E-state index in [1.54, 1.807) is 43.3 Å². The molecule has 0 aliphatic rings. The first-order valence-electron chi connectivity index (χ1n) is 8.49. The van der Waals surface area contributed by atoms with E-state index in [2.05, 4.69) is 5.32 Å². The summed E-state index contributed by atoms with van der Waals surface area (Å²) in [6, 6.07) is 9.46. The normalized spacial score (nSPS) is 12.1. The Kier molecular flexibility index (Phi) is 7.21. The van der Waals surface area contributed by atoms with Gasteiger partial charge in [-0.3, -0.25) is 9.10 Å². The molecular formula is C19H23ClN2O6S. The monoisotopic (exact) mass is 442 g/mol. The molecule has 8 nitrogen and oxygen atoms in total. The van der Waals surface area contributed by atoms with Crippen LogP contribution in [-0.4, -0.2) is 48.0 Å². The van der Waals surface area contributed by atoms with Crippen LogP contribution in [-0.2, 0) is 14.8 Å². The molecular weight excluding hydrogens is 420 g/mol. The first-order valence-corrected chi connectivity index (χ1v) is 10.7. The molecule has 0 bridgehead atoms. The van der Waals surface area contributed by atoms with Crippen molar-refractivity contribution < 1.29 is 27.4 Å². The average molecular weight is 443 g/mol. The Morgan fingerprint density at radius 2 is 1.69 bits per heavy atom. The lowest BCUT2D eigenvalue weighted by Gasteiger charge is -2.19. The van der Waals surface area contributed by atoms with E-state index in [1.165, 1.54) is 21.3 Å². The molecule has 0 saturated carbocycles. The maximum Gasteiger partial charge on any atom is 0.265 e. The zero-order chi connectivity index (χ0) is 21.8. The van der Waals surface area contributed by atoms with Crippen molar-refractivity contribution in [3.8, 4) is 17.2 Å². The van der Waals surface area contributed by atoms with Gasteiger partial charge in [0.15, 0.2) is 6.10 Å². The smallest absolute Gasteiger partial charge is 0.265 e. The van der Waals surface area contributed by atoms with E-state index < -0.39 is 22.0 Å². The summed E-state index contributed by atoms with van der Waals surface area (Å²) < 4.78 is 40.4. The summed E-state index contributed by atoms with van der Waals surface area (Å²) in [5, 5.41) is 3.07. The number of nitrogens with zero attached hydrogens (tertiary/aromatic N) is 1. The van der Waals surface area contributed by atoms with Crippen molar-refractivity contribution >= 4 is 38.9 Å². The van der Waals surface area contributed by atoms with Crippen LogP contribution in [0.25, 0.3) is 0 Å². The Morgan fingerprint density at radius 1 is 1.10 bits per heavy atom. The van der Waals surface area contributed by atoms with Crippen LogP contribution in [0.3, 0.4) is 0 Å². The number of rotatable bonds is 8. The van der Waals surface area contributed by atoms with Crippen molar-refractivity contribution in [2.24, 2.45) is 0 Å². The van der Waals surface area contributed by atoms with E-state index in [1.807, 2.05) is 0 Å². The number of nitrogens with one attached hydrogen (secondary N) is 1. The van der Waals surface area contributed by atoms with Gasteiger partial charge in [-0.1, -0.05) is 11.6 Å². The second kappa shape index (κ2) is 9.23. The van der Waals surface area contributed by atoms with Gasteiger partial charge in [0.2, 0.25) is 10.0 Å². The van der Waals surface area contributed by atoms with Gasteiger partial charge in [0.1, 0.15) is 17.2 Å². The Hall–Kier alpha value is -2.65. The molecule has 10 heteroatoms. The fourth-order valence-corrected chi connectivity index (χ4v) is 3.11. The molecule has 2 aromatic rings. The van der Waals surface area contributed by atoms with Gasteiger partial charge >= 0.3 is 0 Å². The molecule has 29 heavy (non-hydrogen) atoms. The maximum atomic E-state index is 12.5. The minimum absolute atomic E-state index is 0.353. The molecule has 1 atom stereocenters. The van der Waals surface area contributed by atoms with E-state index in [4.69, 9.17) is 25.8 Å². The number of carbonyl (C=O) groups excluding carboxylic acids is 1. The zero-order valence-corrected chi connectivity index (χ0v) is 18.3. The third-order valence-electron chi connectivity index (χ3n) is 4.11. The van der Waals surface area contributed by atoms with Gasteiger partial charge in [0.25, 0.3) is 5.91 Å². The van der Waals surface area contributed by atoms with Gasteiger partial charge in [-0.15, -0.1) is 0 Å². The first kappa shape index (κ1) is 22.6. The number of halogens is 1. The fraction of sp³-hybridized carbons (Fsp3) is 0.316. The molecule has 0 aromatic heterocycles. The number of benzene rings is 2. The summed E-state index contributed by atoms with van der Waals surface area (Å²) in [4.78, 5) is 12.5. The molecule has 1 N–H and O–H groups in total. The van der Waals surface area contributed by atoms with Crippen LogP contribution in [0.15, 0.2) is 36.4 Å². The fourth-order valence-electron chi connectivity index (χ4n) is 2.38. The Morgan fingerprint density at radius 3 is 2.21 bits per heavy atom. The van der Waals surface area contributed by atoms with Crippen molar-refractivity contribution in [3.63, 3.8) is 0 Å². The molecule has 0 heterocycles. The van der Waals surface area contributed by atoms with Gasteiger partial charge < -0.3 is 19.5 Å². The average Bonchev–Trinajstić information content (AvgIpc) is 2.68. The summed E-state index contributed by atoms with van der Waals surface area (Å²) in [5.41, 5.74) is 0.870. The largest absolute Gasteiger partial charge is 0.495 e. The zero-order valence-electron chi connectivity index (χ0n) is 16.7. The molecule has 2 aromatic carbocycles. The number of amides is 1. The number of ether oxygens (including phenoxy) is 3. The summed E-state index contributed by atoms with van der Waals surface area (Å²) in [6.45, 7) is 1.59. The summed E-state index contributed by atoms with van der Waals surface area (Å²) >= 11 is 6.07. The Balaban J connectivity index is 2.10. The van der Waals surface area contributed by atoms with Crippen LogP contribution >= 0.6 is 11.6 Å². The first-order chi connectivity index (χ1) is 13.6. The number of carbonyl (C=O) groups is 1. The highest BCUT2D eigenvalue weighted by molar-refractivity contribution is 7.92. The van der Waals surface area contributed by atoms with Crippen molar-refractivity contribution in [2.75, 3.05) is 37.1 Å². The molecule has 0 spiro atoms. The highest BCUT2D eigenvalue weighted by Crippen LogP contribution is 2.36. The van der Waals surface area contributed by atoms with E-state index in [0.717, 1.165) is 10.6 Å². The minimum Gasteiger partial charge on any atom is -0.495 e. The molecule has 158 valence electrons. The van der Waals surface area contributed by atoms with Crippen LogP contribution in [0.5, 0.6) is 17.2 Å². The molecule has 0 aliphatic heterocycles. The number of methoxy groups -OCH3 is 2. The summed E-state index contributed by atoms with van der Waals surface area (Å²) in [7, 11) is 1.02. The predicted molar refractivity (Wildman–Crippen MR) is 113 cm³/mol. The van der Waals surface area contributed by atoms with E-state index >= 15 is 0 Å². The van der Waals surface area contributed by atoms with Crippen molar-refractivity contribution in [3.05, 3.63) is 41.4 Å². The van der Waals surface area contributed by atoms with Crippen LogP contribution in [0.1, 0.15) is 6.92 Å². The molecule has 0 aliphatic carbocycles. The van der Waals surface area contributed by atoms with Crippen LogP contribution in [0, 0.1) is 0 Å². The van der Waals surface area contributed by atoms with Crippen molar-refractivity contribution in [1.82, 2.24) is 0 Å². The van der Waals surface area contributed by atoms with E-state index in [0.29, 0.717) is 33.6 Å². The summed E-state index contributed by atoms with van der Waals surface area (Å²) in [6.07, 6.45) is 0.281. The van der Waals surface area contributed by atoms with Gasteiger partial charge in [-0.25, -0.2) is 8.42 Å². The number of sulfonamides is 1. The lowest BCUT2D eigenvalue weighted by atomic mass is 10.2. The number of hydrogen-bond acceptors (Lipinski definition) is 6. The van der Waals surface area contributed by atoms with Gasteiger partial charge in [-0.05, 0) is 31.2 Å². The quantitative estimate of drug-likeness (QED) is 0.674. The molecule has 0 saturated heterocycles. The lowest BCUT2D eigenvalue weighted by Crippen LogP contribution is -2.30. The van der Waals surface area contributed by atoms with Crippen molar-refractivity contribution in [2.45, 2.75) is 13.0 Å². The molecule has 1 unspecified atom stereocenters. The second-order valence-corrected chi connectivity index (χ2v) is 8.58. The second-order valence-electron chi connectivity index (χ2n) is 6.16. The van der Waals surface area contributed by atoms with Crippen LogP contribution in [0.4, 0.5) is 11.4 Å².